The highest BCUT2D eigenvalue weighted by molar-refractivity contribution is 6.51. The van der Waals surface area contributed by atoms with Crippen LogP contribution < -0.4 is 19.1 Å². The number of aliphatic hydroxyl groups is 1. The zero-order chi connectivity index (χ0) is 26.3. The Morgan fingerprint density at radius 3 is 2.32 bits per heavy atom. The molecule has 0 spiro atoms. The number of nitrogens with zero attached hydrogens (tertiary/aromatic N) is 1. The van der Waals surface area contributed by atoms with Gasteiger partial charge in [-0.15, -0.1) is 0 Å². The third-order valence-electron chi connectivity index (χ3n) is 6.68. The third-order valence-corrected chi connectivity index (χ3v) is 6.68. The maximum Gasteiger partial charge on any atom is 0.300 e. The summed E-state index contributed by atoms with van der Waals surface area (Å²) in [5.41, 5.74) is 2.61. The van der Waals surface area contributed by atoms with Crippen molar-refractivity contribution in [1.82, 2.24) is 0 Å². The summed E-state index contributed by atoms with van der Waals surface area (Å²) in [4.78, 5) is 28.4. The predicted octanol–water partition coefficient (Wildman–Crippen LogP) is 5.39. The topological polar surface area (TPSA) is 85.3 Å². The molecule has 7 heteroatoms. The van der Waals surface area contributed by atoms with Gasteiger partial charge in [0.25, 0.3) is 11.7 Å². The minimum absolute atomic E-state index is 0.0108. The molecule has 1 fully saturated rings. The highest BCUT2D eigenvalue weighted by Crippen LogP contribution is 2.45. The molecule has 2 aliphatic heterocycles. The van der Waals surface area contributed by atoms with Gasteiger partial charge in [0.2, 0.25) is 0 Å². The normalized spacial score (nSPS) is 18.7. The van der Waals surface area contributed by atoms with E-state index in [1.807, 2.05) is 24.3 Å². The molecule has 0 saturated carbocycles. The van der Waals surface area contributed by atoms with Gasteiger partial charge in [0.1, 0.15) is 24.7 Å². The van der Waals surface area contributed by atoms with Gasteiger partial charge in [-0.25, -0.2) is 0 Å². The summed E-state index contributed by atoms with van der Waals surface area (Å²) < 4.78 is 16.6. The number of carbonyl (C=O) groups excluding carboxylic acids is 2. The van der Waals surface area contributed by atoms with E-state index in [-0.39, 0.29) is 16.7 Å². The third kappa shape index (κ3) is 4.42. The van der Waals surface area contributed by atoms with E-state index in [9.17, 15) is 14.7 Å². The van der Waals surface area contributed by atoms with Crippen LogP contribution in [0.4, 0.5) is 5.69 Å². The number of Topliss-reactive ketones (excluding diaryl/α,β-unsaturated/α-hetero) is 1. The van der Waals surface area contributed by atoms with Crippen LogP contribution in [-0.2, 0) is 15.0 Å². The molecule has 1 amide bonds. The number of rotatable bonds is 4. The fraction of sp³-hybridized carbons (Fsp3) is 0.267. The van der Waals surface area contributed by atoms with Crippen molar-refractivity contribution in [2.45, 2.75) is 32.2 Å². The zero-order valence-electron chi connectivity index (χ0n) is 21.3. The molecule has 7 nitrogen and oxygen atoms in total. The zero-order valence-corrected chi connectivity index (χ0v) is 21.3. The van der Waals surface area contributed by atoms with Gasteiger partial charge in [-0.1, -0.05) is 57.2 Å². The summed E-state index contributed by atoms with van der Waals surface area (Å²) in [7, 11) is 1.52. The van der Waals surface area contributed by atoms with E-state index in [0.29, 0.717) is 47.3 Å². The van der Waals surface area contributed by atoms with Gasteiger partial charge in [-0.2, -0.15) is 0 Å². The minimum Gasteiger partial charge on any atom is -0.507 e. The number of fused-ring (bicyclic) bond motifs is 1. The predicted molar refractivity (Wildman–Crippen MR) is 140 cm³/mol. The monoisotopic (exact) mass is 499 g/mol. The van der Waals surface area contributed by atoms with Gasteiger partial charge in [0.15, 0.2) is 11.5 Å². The number of hydrogen-bond acceptors (Lipinski definition) is 6. The van der Waals surface area contributed by atoms with Crippen LogP contribution in [0.15, 0.2) is 72.3 Å². The fourth-order valence-corrected chi connectivity index (χ4v) is 4.69. The molecule has 0 aromatic heterocycles. The molecule has 2 heterocycles. The number of benzene rings is 3. The fourth-order valence-electron chi connectivity index (χ4n) is 4.69. The van der Waals surface area contributed by atoms with Crippen molar-refractivity contribution in [3.8, 4) is 17.2 Å². The van der Waals surface area contributed by atoms with Gasteiger partial charge < -0.3 is 19.3 Å². The van der Waals surface area contributed by atoms with E-state index in [4.69, 9.17) is 14.2 Å². The molecule has 2 aliphatic rings. The van der Waals surface area contributed by atoms with Crippen molar-refractivity contribution < 1.29 is 28.9 Å². The molecule has 3 aromatic carbocycles. The Labute approximate surface area is 215 Å². The standard InChI is InChI=1S/C30H29NO6/c1-30(2,3)20-10-8-18(9-11-20)26-25(27(32)19-6-5-7-22(16-19)35-4)28(33)29(34)31(26)21-12-13-23-24(17-21)37-15-14-36-23/h5-13,16-17,26,32H,14-15H2,1-4H3/b27-25+. The van der Waals surface area contributed by atoms with Gasteiger partial charge in [0, 0.05) is 17.3 Å². The van der Waals surface area contributed by atoms with E-state index < -0.39 is 17.7 Å². The number of aliphatic hydroxyl groups excluding tert-OH is 1. The molecule has 5 rings (SSSR count). The average Bonchev–Trinajstić information content (AvgIpc) is 3.17. The van der Waals surface area contributed by atoms with E-state index >= 15 is 0 Å². The number of anilines is 1. The van der Waals surface area contributed by atoms with Crippen LogP contribution in [0.2, 0.25) is 0 Å². The lowest BCUT2D eigenvalue weighted by Gasteiger charge is -2.28. The van der Waals surface area contributed by atoms with Crippen LogP contribution in [0.25, 0.3) is 5.76 Å². The van der Waals surface area contributed by atoms with Gasteiger partial charge >= 0.3 is 0 Å². The molecule has 1 unspecified atom stereocenters. The number of ketones is 1. The lowest BCUT2D eigenvalue weighted by atomic mass is 9.85. The summed E-state index contributed by atoms with van der Waals surface area (Å²) >= 11 is 0. The highest BCUT2D eigenvalue weighted by Gasteiger charge is 2.47. The number of amides is 1. The van der Waals surface area contributed by atoms with E-state index in [1.165, 1.54) is 12.0 Å². The average molecular weight is 500 g/mol. The Balaban J connectivity index is 1.69. The summed E-state index contributed by atoms with van der Waals surface area (Å²) in [6, 6.07) is 18.9. The Bertz CT molecular complexity index is 1400. The van der Waals surface area contributed by atoms with Crippen LogP contribution >= 0.6 is 0 Å². The quantitative estimate of drug-likeness (QED) is 0.294. The summed E-state index contributed by atoms with van der Waals surface area (Å²) in [5.74, 6) is -0.154. The maximum atomic E-state index is 13.5. The number of carbonyl (C=O) groups is 2. The SMILES string of the molecule is COc1cccc(/C(O)=C2\C(=O)C(=O)N(c3ccc4c(c3)OCCO4)C2c2ccc(C(C)(C)C)cc2)c1. The van der Waals surface area contributed by atoms with Gasteiger partial charge in [0.05, 0.1) is 18.7 Å². The molecule has 3 aromatic rings. The summed E-state index contributed by atoms with van der Waals surface area (Å²) in [6.07, 6.45) is 0. The first-order chi connectivity index (χ1) is 17.7. The van der Waals surface area contributed by atoms with Crippen LogP contribution in [0.3, 0.4) is 0 Å². The largest absolute Gasteiger partial charge is 0.507 e. The number of methoxy groups -OCH3 is 1. The molecule has 0 bridgehead atoms. The molecular formula is C30H29NO6. The second kappa shape index (κ2) is 9.32. The lowest BCUT2D eigenvalue weighted by Crippen LogP contribution is -2.29. The summed E-state index contributed by atoms with van der Waals surface area (Å²) in [5, 5.41) is 11.4. The van der Waals surface area contributed by atoms with E-state index in [2.05, 4.69) is 20.8 Å². The molecule has 1 atom stereocenters. The van der Waals surface area contributed by atoms with Crippen LogP contribution in [0.5, 0.6) is 17.2 Å². The van der Waals surface area contributed by atoms with Crippen molar-refractivity contribution >= 4 is 23.1 Å². The second-order valence-corrected chi connectivity index (χ2v) is 10.1. The molecule has 37 heavy (non-hydrogen) atoms. The number of hydrogen-bond donors (Lipinski definition) is 1. The van der Waals surface area contributed by atoms with E-state index in [0.717, 1.165) is 5.56 Å². The van der Waals surface area contributed by atoms with Crippen molar-refractivity contribution in [2.75, 3.05) is 25.2 Å². The Kier molecular flexibility index (Phi) is 6.15. The molecule has 0 radical (unpaired) electrons. The lowest BCUT2D eigenvalue weighted by molar-refractivity contribution is -0.132. The van der Waals surface area contributed by atoms with Crippen LogP contribution in [-0.4, -0.2) is 37.1 Å². The minimum atomic E-state index is -0.845. The van der Waals surface area contributed by atoms with Crippen molar-refractivity contribution in [3.63, 3.8) is 0 Å². The maximum absolute atomic E-state index is 13.5. The highest BCUT2D eigenvalue weighted by atomic mass is 16.6. The van der Waals surface area contributed by atoms with Gasteiger partial charge in [-0.05, 0) is 40.8 Å². The first kappa shape index (κ1) is 24.4. The van der Waals surface area contributed by atoms with E-state index in [1.54, 1.807) is 42.5 Å². The first-order valence-corrected chi connectivity index (χ1v) is 12.1. The van der Waals surface area contributed by atoms with Crippen molar-refractivity contribution in [2.24, 2.45) is 0 Å². The Morgan fingerprint density at radius 1 is 0.946 bits per heavy atom. The first-order valence-electron chi connectivity index (χ1n) is 12.1. The molecule has 1 saturated heterocycles. The number of ether oxygens (including phenoxy) is 3. The van der Waals surface area contributed by atoms with Crippen LogP contribution in [0.1, 0.15) is 43.5 Å². The molecule has 1 N–H and O–H groups in total. The Morgan fingerprint density at radius 2 is 1.65 bits per heavy atom. The summed E-state index contributed by atoms with van der Waals surface area (Å²) in [6.45, 7) is 7.19. The second-order valence-electron chi connectivity index (χ2n) is 10.1. The van der Waals surface area contributed by atoms with Crippen LogP contribution in [0, 0.1) is 0 Å². The van der Waals surface area contributed by atoms with Crippen molar-refractivity contribution in [1.29, 1.82) is 0 Å². The molecule has 0 aliphatic carbocycles. The van der Waals surface area contributed by atoms with Crippen molar-refractivity contribution in [3.05, 3.63) is 89.0 Å². The molecular weight excluding hydrogens is 470 g/mol. The molecule has 190 valence electrons. The smallest absolute Gasteiger partial charge is 0.300 e. The Hall–Kier alpha value is -4.26. The van der Waals surface area contributed by atoms with Gasteiger partial charge in [-0.3, -0.25) is 14.5 Å².